The van der Waals surface area contributed by atoms with E-state index in [0.717, 1.165) is 5.56 Å². The van der Waals surface area contributed by atoms with Gasteiger partial charge in [0, 0.05) is 16.6 Å². The van der Waals surface area contributed by atoms with Gasteiger partial charge in [-0.2, -0.15) is 5.26 Å². The molecule has 22 heavy (non-hydrogen) atoms. The number of nitrogens with zero attached hydrogens (tertiary/aromatic N) is 2. The van der Waals surface area contributed by atoms with E-state index in [4.69, 9.17) is 29.0 Å². The van der Waals surface area contributed by atoms with Gasteiger partial charge in [0.2, 0.25) is 0 Å². The summed E-state index contributed by atoms with van der Waals surface area (Å²) >= 11 is 11.1. The van der Waals surface area contributed by atoms with Crippen LogP contribution in [0.15, 0.2) is 40.5 Å². The molecule has 0 fully saturated rings. The van der Waals surface area contributed by atoms with Crippen molar-refractivity contribution >= 4 is 35.2 Å². The normalized spacial score (nSPS) is 21.1. The highest BCUT2D eigenvalue weighted by molar-refractivity contribution is 7.77. The van der Waals surface area contributed by atoms with E-state index in [2.05, 4.69) is 11.1 Å². The molecule has 1 heterocycles. The second-order valence-corrected chi connectivity index (χ2v) is 5.66. The van der Waals surface area contributed by atoms with Crippen LogP contribution < -0.4 is 0 Å². The largest absolute Gasteiger partial charge is 0.763 e. The number of carbonyl (C=O) groups is 1. The maximum atomic E-state index is 12.3. The average molecular weight is 334 g/mol. The summed E-state index contributed by atoms with van der Waals surface area (Å²) in [7, 11) is 0. The third-order valence-corrected chi connectivity index (χ3v) is 4.04. The number of nitriles is 1. The second kappa shape index (κ2) is 6.91. The molecule has 0 N–H and O–H groups in total. The summed E-state index contributed by atoms with van der Waals surface area (Å²) in [5.74, 6) is -1.64. The summed E-state index contributed by atoms with van der Waals surface area (Å²) in [4.78, 5) is 16.5. The molecule has 1 aliphatic rings. The molecule has 0 radical (unpaired) electrons. The van der Waals surface area contributed by atoms with Gasteiger partial charge in [0.1, 0.15) is 0 Å². The summed E-state index contributed by atoms with van der Waals surface area (Å²) in [6, 6.07) is 9.17. The molecule has 0 unspecified atom stereocenters. The Bertz CT molecular complexity index is 689. The van der Waals surface area contributed by atoms with Crippen LogP contribution in [0.2, 0.25) is 5.02 Å². The lowest BCUT2D eigenvalue weighted by molar-refractivity contribution is -0.139. The highest BCUT2D eigenvalue weighted by Gasteiger charge is 2.35. The van der Waals surface area contributed by atoms with Crippen LogP contribution in [0.1, 0.15) is 25.3 Å². The SMILES string of the molecule is CCOC(=O)C1=C(C)N=C([S-])[C@@H](C#N)[C@@H]1c1ccc(Cl)cc1. The minimum atomic E-state index is -0.681. The fraction of sp³-hybridized carbons (Fsp3) is 0.312. The van der Waals surface area contributed by atoms with Gasteiger partial charge in [0.05, 0.1) is 24.2 Å². The van der Waals surface area contributed by atoms with Gasteiger partial charge in [-0.3, -0.25) is 4.99 Å². The molecule has 0 saturated carbocycles. The van der Waals surface area contributed by atoms with Gasteiger partial charge < -0.3 is 17.4 Å². The zero-order chi connectivity index (χ0) is 16.3. The van der Waals surface area contributed by atoms with Gasteiger partial charge in [-0.05, 0) is 31.5 Å². The Hall–Kier alpha value is -1.90. The van der Waals surface area contributed by atoms with Gasteiger partial charge >= 0.3 is 5.97 Å². The maximum absolute atomic E-state index is 12.3. The van der Waals surface area contributed by atoms with Gasteiger partial charge in [0.25, 0.3) is 0 Å². The molecule has 4 nitrogen and oxygen atoms in total. The standard InChI is InChI=1S/C16H15ClN2O2S/c1-3-21-16(20)13-9(2)19-15(22)12(8-18)14(13)10-4-6-11(17)7-5-10/h4-7,12,14H,3H2,1-2H3,(H,19,22)/p-1/t12-,14-/m0/s1. The summed E-state index contributed by atoms with van der Waals surface area (Å²) in [5.41, 5.74) is 1.66. The smallest absolute Gasteiger partial charge is 0.336 e. The van der Waals surface area contributed by atoms with Crippen molar-refractivity contribution in [1.82, 2.24) is 0 Å². The Balaban J connectivity index is 2.58. The molecule has 0 saturated heterocycles. The molecular weight excluding hydrogens is 320 g/mol. The summed E-state index contributed by atoms with van der Waals surface area (Å²) in [6.07, 6.45) is 0. The molecule has 0 amide bonds. The monoisotopic (exact) mass is 333 g/mol. The number of carbonyl (C=O) groups excluding carboxylic acids is 1. The van der Waals surface area contributed by atoms with E-state index in [0.29, 0.717) is 16.3 Å². The van der Waals surface area contributed by atoms with E-state index < -0.39 is 17.8 Å². The second-order valence-electron chi connectivity index (χ2n) is 4.81. The first kappa shape index (κ1) is 16.5. The number of halogens is 1. The molecule has 0 spiro atoms. The van der Waals surface area contributed by atoms with Crippen molar-refractivity contribution in [3.8, 4) is 6.07 Å². The third-order valence-electron chi connectivity index (χ3n) is 3.44. The molecule has 0 bridgehead atoms. The molecule has 2 atom stereocenters. The first-order chi connectivity index (χ1) is 10.5. The van der Waals surface area contributed by atoms with E-state index in [-0.39, 0.29) is 11.7 Å². The number of benzene rings is 1. The van der Waals surface area contributed by atoms with Crippen molar-refractivity contribution in [2.24, 2.45) is 10.9 Å². The molecule has 1 aliphatic heterocycles. The van der Waals surface area contributed by atoms with E-state index >= 15 is 0 Å². The van der Waals surface area contributed by atoms with Crippen LogP contribution in [0.25, 0.3) is 0 Å². The predicted octanol–water partition coefficient (Wildman–Crippen LogP) is 3.36. The number of hydrogen-bond acceptors (Lipinski definition) is 5. The molecule has 0 aliphatic carbocycles. The van der Waals surface area contributed by atoms with E-state index in [9.17, 15) is 10.1 Å². The predicted molar refractivity (Wildman–Crippen MR) is 87.4 cm³/mol. The first-order valence-corrected chi connectivity index (χ1v) is 7.56. The van der Waals surface area contributed by atoms with Crippen LogP contribution >= 0.6 is 11.6 Å². The summed E-state index contributed by atoms with van der Waals surface area (Å²) < 4.78 is 5.12. The first-order valence-electron chi connectivity index (χ1n) is 6.78. The molecule has 1 aromatic carbocycles. The van der Waals surface area contributed by atoms with Crippen LogP contribution in [-0.4, -0.2) is 17.6 Å². The maximum Gasteiger partial charge on any atom is 0.336 e. The number of hydrogen-bond donors (Lipinski definition) is 0. The zero-order valence-corrected chi connectivity index (χ0v) is 13.7. The van der Waals surface area contributed by atoms with E-state index in [1.54, 1.807) is 38.1 Å². The number of ether oxygens (including phenoxy) is 1. The summed E-state index contributed by atoms with van der Waals surface area (Å²) in [6.45, 7) is 3.69. The Morgan fingerprint density at radius 2 is 2.09 bits per heavy atom. The van der Waals surface area contributed by atoms with Gasteiger partial charge in [-0.15, -0.1) is 0 Å². The van der Waals surface area contributed by atoms with Crippen molar-refractivity contribution in [3.63, 3.8) is 0 Å². The van der Waals surface area contributed by atoms with Gasteiger partial charge in [-0.25, -0.2) is 4.79 Å². The lowest BCUT2D eigenvalue weighted by Gasteiger charge is -2.33. The number of aliphatic imine (C=N–C) groups is 1. The lowest BCUT2D eigenvalue weighted by Crippen LogP contribution is -2.29. The molecule has 1 aromatic rings. The minimum Gasteiger partial charge on any atom is -0.763 e. The van der Waals surface area contributed by atoms with Crippen molar-refractivity contribution < 1.29 is 9.53 Å². The summed E-state index contributed by atoms with van der Waals surface area (Å²) in [5, 5.41) is 10.3. The molecular formula is C16H14ClN2O2S-. The van der Waals surface area contributed by atoms with Gasteiger partial charge in [0.15, 0.2) is 0 Å². The third kappa shape index (κ3) is 3.13. The number of esters is 1. The molecule has 0 aromatic heterocycles. The van der Waals surface area contributed by atoms with Crippen LogP contribution in [0.4, 0.5) is 0 Å². The average Bonchev–Trinajstić information content (AvgIpc) is 2.47. The van der Waals surface area contributed by atoms with Crippen LogP contribution in [0.5, 0.6) is 0 Å². The van der Waals surface area contributed by atoms with E-state index in [1.807, 2.05) is 0 Å². The van der Waals surface area contributed by atoms with Crippen LogP contribution in [-0.2, 0) is 22.2 Å². The van der Waals surface area contributed by atoms with Crippen molar-refractivity contribution in [1.29, 1.82) is 5.26 Å². The highest BCUT2D eigenvalue weighted by atomic mass is 35.5. The quantitative estimate of drug-likeness (QED) is 0.628. The number of rotatable bonds is 3. The Morgan fingerprint density at radius 3 is 2.64 bits per heavy atom. The zero-order valence-electron chi connectivity index (χ0n) is 12.2. The number of allylic oxidation sites excluding steroid dienone is 1. The fourth-order valence-electron chi connectivity index (χ4n) is 2.47. The van der Waals surface area contributed by atoms with Crippen LogP contribution in [0.3, 0.4) is 0 Å². The Morgan fingerprint density at radius 1 is 1.45 bits per heavy atom. The van der Waals surface area contributed by atoms with Crippen molar-refractivity contribution in [2.45, 2.75) is 19.8 Å². The fourth-order valence-corrected chi connectivity index (χ4v) is 2.92. The van der Waals surface area contributed by atoms with Crippen LogP contribution in [0, 0.1) is 17.2 Å². The Kier molecular flexibility index (Phi) is 5.17. The van der Waals surface area contributed by atoms with Crippen molar-refractivity contribution in [2.75, 3.05) is 6.61 Å². The lowest BCUT2D eigenvalue weighted by atomic mass is 9.79. The van der Waals surface area contributed by atoms with Crippen molar-refractivity contribution in [3.05, 3.63) is 46.1 Å². The minimum absolute atomic E-state index is 0.255. The topological polar surface area (TPSA) is 62.4 Å². The Labute approximate surface area is 139 Å². The molecule has 114 valence electrons. The van der Waals surface area contributed by atoms with E-state index in [1.165, 1.54) is 0 Å². The highest BCUT2D eigenvalue weighted by Crippen LogP contribution is 2.39. The molecule has 6 heteroatoms. The van der Waals surface area contributed by atoms with Gasteiger partial charge in [-0.1, -0.05) is 28.8 Å². The molecule has 2 rings (SSSR count).